The van der Waals surface area contributed by atoms with E-state index in [1.807, 2.05) is 63.2 Å². The smallest absolute Gasteiger partial charge is 0.325 e. The summed E-state index contributed by atoms with van der Waals surface area (Å²) in [6.45, 7) is 6.06. The minimum absolute atomic E-state index is 0.0312. The molecule has 718 valence electrons. The zero-order chi connectivity index (χ0) is 97.4. The van der Waals surface area contributed by atoms with E-state index in [9.17, 15) is 78.9 Å². The minimum Gasteiger partial charge on any atom is -0.480 e. The van der Waals surface area contributed by atoms with Gasteiger partial charge in [0.15, 0.2) is 0 Å². The summed E-state index contributed by atoms with van der Waals surface area (Å²) in [6, 6.07) is 53.8. The predicted octanol–water partition coefficient (Wildman–Crippen LogP) is 1.24. The van der Waals surface area contributed by atoms with Crippen LogP contribution in [0, 0.1) is 20.8 Å². The summed E-state index contributed by atoms with van der Waals surface area (Å²) in [6.07, 6.45) is 3.10. The summed E-state index contributed by atoms with van der Waals surface area (Å²) in [7, 11) is 4.79. The van der Waals surface area contributed by atoms with Crippen LogP contribution in [0.1, 0.15) is 67.5 Å². The van der Waals surface area contributed by atoms with E-state index in [0.29, 0.717) is 60.2 Å². The van der Waals surface area contributed by atoms with E-state index in [1.165, 1.54) is 28.4 Å². The molecule has 8 rings (SSSR count). The molecule has 5 aromatic carbocycles. The molecule has 18 N–H and O–H groups in total. The van der Waals surface area contributed by atoms with Crippen LogP contribution in [-0.2, 0) is 141 Å². The number of carbonyl (C=O) groups excluding carboxylic acids is 10. The van der Waals surface area contributed by atoms with E-state index in [-0.39, 0.29) is 89.3 Å². The third-order valence-corrected chi connectivity index (χ3v) is 20.2. The number of rotatable bonds is 48. The number of hydrogen-bond donors (Lipinski definition) is 15. The zero-order valence-corrected chi connectivity index (χ0v) is 77.5. The highest BCUT2D eigenvalue weighted by molar-refractivity contribution is 7.79. The number of hydrogen-bond acceptors (Lipinski definition) is 31. The van der Waals surface area contributed by atoms with Gasteiger partial charge in [0, 0.05) is 80.5 Å². The fourth-order valence-electron chi connectivity index (χ4n) is 9.61. The Kier molecular flexibility index (Phi) is 57.6. The Morgan fingerprint density at radius 3 is 0.909 bits per heavy atom. The number of pyridine rings is 3. The second kappa shape index (κ2) is 67.2. The van der Waals surface area contributed by atoms with Crippen LogP contribution in [-0.4, -0.2) is 217 Å². The van der Waals surface area contributed by atoms with Gasteiger partial charge in [-0.1, -0.05) is 116 Å². The molecule has 0 bridgehead atoms. The average molecular weight is 1940 g/mol. The fraction of sp³-hybridized carbons (Fsp3) is 0.333. The Bertz CT molecular complexity index is 4860. The predicted molar refractivity (Wildman–Crippen MR) is 490 cm³/mol. The largest absolute Gasteiger partial charge is 0.480 e. The summed E-state index contributed by atoms with van der Waals surface area (Å²) < 4.78 is 115. The SMILES string of the molecule is CCC(=O)NCC(NS(=O)Oc1ccccc1)C(=O)OC.COC(=O)C(CN)NS(=O)Oc1ccccc1.COC(=O)C(CNC(=O)CN)NS(=O)Oc1ccccc1.COC(=O)C(CNC(=O)CNC(=O)CCCc1cccc(C)n1)NS(=O)Oc1ccccc1.Cc1cccc(C)n1.Nc1cccc(CCCC(=O)NCC(=O)NCC(NS(=O)Oc2ccccc2)C(=O)O)n1. The van der Waals surface area contributed by atoms with Gasteiger partial charge in [-0.2, -0.15) is 44.7 Å². The van der Waals surface area contributed by atoms with Gasteiger partial charge in [-0.15, -0.1) is 0 Å². The molecule has 0 aliphatic heterocycles. The van der Waals surface area contributed by atoms with E-state index < -0.39 is 134 Å². The molecule has 0 aliphatic rings. The summed E-state index contributed by atoms with van der Waals surface area (Å²) in [5, 5.41) is 24.0. The fourth-order valence-corrected chi connectivity index (χ4v) is 13.4. The number of methoxy groups -OCH3 is 4. The third-order valence-electron chi connectivity index (χ3n) is 16.1. The number of para-hydroxylation sites is 5. The number of ether oxygens (including phenoxy) is 4. The zero-order valence-electron chi connectivity index (χ0n) is 73.4. The molecule has 48 heteroatoms. The lowest BCUT2D eigenvalue weighted by atomic mass is 10.1. The average Bonchev–Trinajstić information content (AvgIpc) is 0.918. The molecule has 0 radical (unpaired) electrons. The Hall–Kier alpha value is -13.0. The molecule has 0 aliphatic carbocycles. The van der Waals surface area contributed by atoms with Crippen molar-refractivity contribution < 1.29 is 119 Å². The van der Waals surface area contributed by atoms with Crippen molar-refractivity contribution in [2.24, 2.45) is 11.5 Å². The topological polar surface area (TPSA) is 625 Å². The van der Waals surface area contributed by atoms with Crippen LogP contribution >= 0.6 is 0 Å². The van der Waals surface area contributed by atoms with Crippen molar-refractivity contribution in [2.45, 2.75) is 103 Å². The molecule has 43 nitrogen and oxygen atoms in total. The Balaban J connectivity index is 0.000000423. The first kappa shape index (κ1) is 113. The molecule has 10 unspecified atom stereocenters. The quantitative estimate of drug-likeness (QED) is 0.0188. The van der Waals surface area contributed by atoms with Gasteiger partial charge in [-0.25, -0.2) is 4.98 Å². The second-order valence-electron chi connectivity index (χ2n) is 26.5. The normalized spacial score (nSPS) is 12.6. The lowest BCUT2D eigenvalue weighted by molar-refractivity contribution is -0.143. The van der Waals surface area contributed by atoms with E-state index in [4.69, 9.17) is 38.1 Å². The molecule has 3 heterocycles. The van der Waals surface area contributed by atoms with Gasteiger partial charge in [0.25, 0.3) is 56.3 Å². The monoisotopic (exact) mass is 1930 g/mol. The minimum atomic E-state index is -2.13. The number of aryl methyl sites for hydroxylation is 5. The molecule has 6 amide bonds. The summed E-state index contributed by atoms with van der Waals surface area (Å²) in [5.41, 5.74) is 20.9. The number of nitrogen functional groups attached to an aromatic ring is 1. The van der Waals surface area contributed by atoms with Gasteiger partial charge in [0.2, 0.25) is 35.4 Å². The molecular formula is C84H111N17O26S5. The number of anilines is 1. The number of aliphatic carboxylic acids is 1. The van der Waals surface area contributed by atoms with Crippen LogP contribution in [0.15, 0.2) is 206 Å². The van der Waals surface area contributed by atoms with Crippen LogP contribution in [0.3, 0.4) is 0 Å². The lowest BCUT2D eigenvalue weighted by Crippen LogP contribution is -2.49. The molecule has 3 aromatic heterocycles. The van der Waals surface area contributed by atoms with E-state index in [0.717, 1.165) is 28.5 Å². The van der Waals surface area contributed by atoms with Crippen LogP contribution in [0.4, 0.5) is 5.82 Å². The van der Waals surface area contributed by atoms with Gasteiger partial charge in [-0.3, -0.25) is 62.7 Å². The van der Waals surface area contributed by atoms with Crippen molar-refractivity contribution in [3.8, 4) is 28.7 Å². The van der Waals surface area contributed by atoms with Gasteiger partial charge < -0.3 is 94.1 Å². The number of nitrogens with one attached hydrogen (secondary N) is 11. The van der Waals surface area contributed by atoms with E-state index in [1.54, 1.807) is 171 Å². The van der Waals surface area contributed by atoms with E-state index >= 15 is 0 Å². The van der Waals surface area contributed by atoms with Crippen molar-refractivity contribution in [1.29, 1.82) is 0 Å². The van der Waals surface area contributed by atoms with Crippen LogP contribution < -0.4 is 93.6 Å². The number of amides is 6. The summed E-state index contributed by atoms with van der Waals surface area (Å²) in [5.74, 6) is -4.07. The maximum atomic E-state index is 12.1. The highest BCUT2D eigenvalue weighted by Crippen LogP contribution is 2.15. The van der Waals surface area contributed by atoms with Crippen molar-refractivity contribution in [1.82, 2.24) is 70.5 Å². The highest BCUT2D eigenvalue weighted by Gasteiger charge is 2.28. The number of carboxylic acid groups (broad SMARTS) is 1. The Labute approximate surface area is 776 Å². The first-order valence-corrected chi connectivity index (χ1v) is 45.3. The van der Waals surface area contributed by atoms with Gasteiger partial charge in [0.05, 0.1) is 48.1 Å². The molecule has 8 aromatic rings. The Morgan fingerprint density at radius 1 is 0.341 bits per heavy atom. The molecule has 0 fully saturated rings. The molecule has 0 spiro atoms. The van der Waals surface area contributed by atoms with Crippen LogP contribution in [0.25, 0.3) is 0 Å². The van der Waals surface area contributed by atoms with Crippen molar-refractivity contribution in [3.05, 3.63) is 235 Å². The Morgan fingerprint density at radius 2 is 0.621 bits per heavy atom. The number of aromatic nitrogens is 3. The second-order valence-corrected chi connectivity index (χ2v) is 30.8. The number of esters is 4. The van der Waals surface area contributed by atoms with Crippen molar-refractivity contribution >= 4 is 127 Å². The standard InChI is InChI=1S/C22H28N4O6S.C20H25N5O6S.C13H18N2O5S.C12H17N3O5S.C10H14N2O4S.C7H9N/c1-16-8-6-9-17(25-16)10-7-13-20(27)24-15-21(28)23-14-19(22(29)31-2)26-33(30)32-18-11-4-3-5-12-18;21-17-10-4-6-14(24-17)7-5-11-18(26)23-13-19(27)22-12-16(20(28)29)25-32(30)31-15-8-2-1-3-9-15;1-3-12(16)14-9-11(13(17)19-2)15-21(18)20-10-7-5-4-6-8-10;1-19-12(17)10(8-14-11(16)7-13)15-21(18)20-9-5-3-2-4-6-9;1-15-10(13)9(7-11)12-17(14)16-8-5-3-2-4-6-8;1-6-4-3-5-7(2)8-6/h3-6,8-9,11-12,19,26H,7,10,13-15H2,1-2H3,(H,23,28)(H,24,27);1-4,6,8-10,16,25H,5,7,11-13H2,(H2,21,24)(H,22,27)(H,23,26)(H,28,29);4-8,11,15H,3,9H2,1-2H3,(H,14,16);2-6,10,15H,7-8,13H2,1H3,(H,14,16);2-6,9,12H,7,11H2,1H3;3-5H,1-2H3. The third kappa shape index (κ3) is 52.6. The highest BCUT2D eigenvalue weighted by atomic mass is 32.2. The first-order chi connectivity index (χ1) is 63.3. The lowest BCUT2D eigenvalue weighted by Gasteiger charge is -2.16. The maximum absolute atomic E-state index is 12.1. The van der Waals surface area contributed by atoms with Crippen LogP contribution in [0.2, 0.25) is 0 Å². The number of nitrogens with two attached hydrogens (primary N) is 3. The van der Waals surface area contributed by atoms with Gasteiger partial charge >= 0.3 is 29.8 Å². The molecule has 10 atom stereocenters. The number of carbonyl (C=O) groups is 11. The number of carboxylic acids is 1. The molecule has 0 saturated heterocycles. The summed E-state index contributed by atoms with van der Waals surface area (Å²) in [4.78, 5) is 140. The molecular weight excluding hydrogens is 1820 g/mol. The van der Waals surface area contributed by atoms with Gasteiger partial charge in [-0.05, 0) is 144 Å². The first-order valence-electron chi connectivity index (χ1n) is 39.9. The number of benzene rings is 5. The van der Waals surface area contributed by atoms with Crippen molar-refractivity contribution in [2.75, 3.05) is 86.5 Å². The van der Waals surface area contributed by atoms with Gasteiger partial charge in [0.1, 0.15) is 64.8 Å². The van der Waals surface area contributed by atoms with E-state index in [2.05, 4.69) is 89.4 Å². The van der Waals surface area contributed by atoms with Crippen molar-refractivity contribution in [3.63, 3.8) is 0 Å². The molecule has 132 heavy (non-hydrogen) atoms. The van der Waals surface area contributed by atoms with Crippen LogP contribution in [0.5, 0.6) is 28.7 Å². The number of nitrogens with zero attached hydrogens (tertiary/aromatic N) is 3. The maximum Gasteiger partial charge on any atom is 0.325 e. The molecule has 0 saturated carbocycles. The summed E-state index contributed by atoms with van der Waals surface area (Å²) >= 11 is -9.95.